The average Bonchev–Trinajstić information content (AvgIpc) is 2.20. The molecule has 0 aliphatic rings. The number of hydrazine groups is 1. The quantitative estimate of drug-likeness (QED) is 0.273. The molecule has 0 aromatic heterocycles. The molecule has 4 nitrogen and oxygen atoms in total. The zero-order valence-corrected chi connectivity index (χ0v) is 8.17. The highest BCUT2D eigenvalue weighted by Gasteiger charge is 2.07. The monoisotopic (exact) mass is 199 g/mol. The van der Waals surface area contributed by atoms with E-state index in [2.05, 4.69) is 0 Å². The van der Waals surface area contributed by atoms with Crippen LogP contribution in [0.2, 0.25) is 0 Å². The predicted molar refractivity (Wildman–Crippen MR) is 53.8 cm³/mol. The molecule has 0 unspecified atom stereocenters. The van der Waals surface area contributed by atoms with Crippen molar-refractivity contribution in [1.82, 2.24) is 5.43 Å². The molecule has 0 aliphatic heterocycles. The largest absolute Gasteiger partial charge is 0.398 e. The number of benzene rings is 1. The van der Waals surface area contributed by atoms with Crippen LogP contribution in [0, 0.1) is 5.82 Å². The van der Waals surface area contributed by atoms with Gasteiger partial charge in [-0.05, 0) is 18.2 Å². The van der Waals surface area contributed by atoms with Gasteiger partial charge in [-0.1, -0.05) is 13.8 Å². The van der Waals surface area contributed by atoms with Crippen molar-refractivity contribution in [2.45, 2.75) is 13.8 Å². The summed E-state index contributed by atoms with van der Waals surface area (Å²) >= 11 is 0. The van der Waals surface area contributed by atoms with Gasteiger partial charge in [0.1, 0.15) is 5.82 Å². The summed E-state index contributed by atoms with van der Waals surface area (Å²) in [4.78, 5) is 10.9. The van der Waals surface area contributed by atoms with Crippen LogP contribution in [-0.2, 0) is 0 Å². The SMILES string of the molecule is CC.NNC(=O)c1ccc(F)cc1N. The Kier molecular flexibility index (Phi) is 5.24. The Morgan fingerprint density at radius 1 is 1.43 bits per heavy atom. The highest BCUT2D eigenvalue weighted by atomic mass is 19.1. The average molecular weight is 199 g/mol. The molecular weight excluding hydrogens is 185 g/mol. The van der Waals surface area contributed by atoms with E-state index < -0.39 is 11.7 Å². The van der Waals surface area contributed by atoms with Crippen LogP contribution in [0.15, 0.2) is 18.2 Å². The summed E-state index contributed by atoms with van der Waals surface area (Å²) in [6.07, 6.45) is 0. The minimum atomic E-state index is -0.535. The Labute approximate surface area is 82.1 Å². The minimum Gasteiger partial charge on any atom is -0.398 e. The topological polar surface area (TPSA) is 81.1 Å². The third-order valence-electron chi connectivity index (χ3n) is 1.39. The van der Waals surface area contributed by atoms with E-state index in [4.69, 9.17) is 11.6 Å². The van der Waals surface area contributed by atoms with Gasteiger partial charge in [-0.25, -0.2) is 10.2 Å². The van der Waals surface area contributed by atoms with Crippen molar-refractivity contribution in [1.29, 1.82) is 0 Å². The summed E-state index contributed by atoms with van der Waals surface area (Å²) in [5, 5.41) is 0. The summed E-state index contributed by atoms with van der Waals surface area (Å²) in [6, 6.07) is 3.47. The molecule has 0 atom stereocenters. The van der Waals surface area contributed by atoms with Gasteiger partial charge in [-0.15, -0.1) is 0 Å². The van der Waals surface area contributed by atoms with E-state index in [1.807, 2.05) is 19.3 Å². The molecule has 0 fully saturated rings. The zero-order chi connectivity index (χ0) is 11.1. The summed E-state index contributed by atoms with van der Waals surface area (Å²) < 4.78 is 12.5. The number of carbonyl (C=O) groups excluding carboxylic acids is 1. The molecule has 0 radical (unpaired) electrons. The van der Waals surface area contributed by atoms with E-state index in [-0.39, 0.29) is 11.3 Å². The highest BCUT2D eigenvalue weighted by Crippen LogP contribution is 2.12. The maximum absolute atomic E-state index is 12.5. The number of amides is 1. The second kappa shape index (κ2) is 5.93. The zero-order valence-electron chi connectivity index (χ0n) is 8.17. The molecule has 14 heavy (non-hydrogen) atoms. The van der Waals surface area contributed by atoms with E-state index in [9.17, 15) is 9.18 Å². The molecule has 0 bridgehead atoms. The molecule has 1 aromatic carbocycles. The van der Waals surface area contributed by atoms with Crippen molar-refractivity contribution < 1.29 is 9.18 Å². The summed E-state index contributed by atoms with van der Waals surface area (Å²) in [7, 11) is 0. The molecule has 0 spiro atoms. The molecule has 0 saturated carbocycles. The smallest absolute Gasteiger partial charge is 0.267 e. The van der Waals surface area contributed by atoms with Gasteiger partial charge >= 0.3 is 0 Å². The van der Waals surface area contributed by atoms with Crippen molar-refractivity contribution in [3.8, 4) is 0 Å². The van der Waals surface area contributed by atoms with Gasteiger partial charge in [0.2, 0.25) is 0 Å². The number of nitrogen functional groups attached to an aromatic ring is 2. The van der Waals surface area contributed by atoms with Crippen molar-refractivity contribution in [2.24, 2.45) is 5.84 Å². The fourth-order valence-electron chi connectivity index (χ4n) is 0.818. The molecular formula is C9H14FN3O. The van der Waals surface area contributed by atoms with Crippen LogP contribution in [0.5, 0.6) is 0 Å². The van der Waals surface area contributed by atoms with E-state index >= 15 is 0 Å². The van der Waals surface area contributed by atoms with Crippen LogP contribution >= 0.6 is 0 Å². The second-order valence-corrected chi connectivity index (χ2v) is 2.21. The van der Waals surface area contributed by atoms with Crippen LogP contribution < -0.4 is 17.0 Å². The maximum Gasteiger partial charge on any atom is 0.267 e. The lowest BCUT2D eigenvalue weighted by molar-refractivity contribution is 0.0954. The normalized spacial score (nSPS) is 8.57. The molecule has 78 valence electrons. The van der Waals surface area contributed by atoms with Crippen LogP contribution in [0.1, 0.15) is 24.2 Å². The van der Waals surface area contributed by atoms with E-state index in [0.717, 1.165) is 12.1 Å². The number of anilines is 1. The number of carbonyl (C=O) groups is 1. The highest BCUT2D eigenvalue weighted by molar-refractivity contribution is 5.98. The van der Waals surface area contributed by atoms with Crippen LogP contribution in [0.25, 0.3) is 0 Å². The van der Waals surface area contributed by atoms with E-state index in [1.54, 1.807) is 0 Å². The lowest BCUT2D eigenvalue weighted by Crippen LogP contribution is -2.30. The number of hydrogen-bond donors (Lipinski definition) is 3. The summed E-state index contributed by atoms with van der Waals surface area (Å²) in [5.41, 5.74) is 7.47. The van der Waals surface area contributed by atoms with Crippen molar-refractivity contribution in [3.63, 3.8) is 0 Å². The third kappa shape index (κ3) is 3.02. The summed E-state index contributed by atoms with van der Waals surface area (Å²) in [6.45, 7) is 4.00. The van der Waals surface area contributed by atoms with Gasteiger partial charge in [0.15, 0.2) is 0 Å². The standard InChI is InChI=1S/C7H8FN3O.C2H6/c8-4-1-2-5(6(9)3-4)7(12)11-10;1-2/h1-3H,9-10H2,(H,11,12);1-2H3. The van der Waals surface area contributed by atoms with Gasteiger partial charge in [0, 0.05) is 5.69 Å². The first kappa shape index (κ1) is 12.4. The van der Waals surface area contributed by atoms with Crippen LogP contribution in [0.4, 0.5) is 10.1 Å². The third-order valence-corrected chi connectivity index (χ3v) is 1.39. The molecule has 0 saturated heterocycles. The van der Waals surface area contributed by atoms with E-state index in [1.165, 1.54) is 6.07 Å². The van der Waals surface area contributed by atoms with Gasteiger partial charge in [0.05, 0.1) is 5.56 Å². The lowest BCUT2D eigenvalue weighted by atomic mass is 10.1. The Morgan fingerprint density at radius 3 is 2.43 bits per heavy atom. The molecule has 0 heterocycles. The molecule has 1 rings (SSSR count). The van der Waals surface area contributed by atoms with Crippen LogP contribution in [-0.4, -0.2) is 5.91 Å². The fraction of sp³-hybridized carbons (Fsp3) is 0.222. The Morgan fingerprint density at radius 2 is 2.00 bits per heavy atom. The molecule has 1 amide bonds. The minimum absolute atomic E-state index is 0.0675. The summed E-state index contributed by atoms with van der Waals surface area (Å²) in [5.74, 6) is 3.84. The number of nitrogens with two attached hydrogens (primary N) is 2. The first-order valence-corrected chi connectivity index (χ1v) is 4.21. The predicted octanol–water partition coefficient (Wildman–Crippen LogP) is 1.04. The number of hydrogen-bond acceptors (Lipinski definition) is 3. The van der Waals surface area contributed by atoms with Crippen molar-refractivity contribution >= 4 is 11.6 Å². The Balaban J connectivity index is 0.000000791. The molecule has 0 aliphatic carbocycles. The first-order chi connectivity index (χ1) is 6.65. The molecule has 5 N–H and O–H groups in total. The van der Waals surface area contributed by atoms with Crippen molar-refractivity contribution in [2.75, 3.05) is 5.73 Å². The lowest BCUT2D eigenvalue weighted by Gasteiger charge is -2.02. The van der Waals surface area contributed by atoms with Gasteiger partial charge in [-0.2, -0.15) is 0 Å². The maximum atomic E-state index is 12.5. The van der Waals surface area contributed by atoms with Gasteiger partial charge in [0.25, 0.3) is 5.91 Å². The fourth-order valence-corrected chi connectivity index (χ4v) is 0.818. The van der Waals surface area contributed by atoms with Crippen molar-refractivity contribution in [3.05, 3.63) is 29.6 Å². The Bertz CT molecular complexity index is 315. The number of halogens is 1. The number of nitrogens with one attached hydrogen (secondary N) is 1. The molecule has 5 heteroatoms. The van der Waals surface area contributed by atoms with E-state index in [0.29, 0.717) is 0 Å². The van der Waals surface area contributed by atoms with Gasteiger partial charge in [-0.3, -0.25) is 10.2 Å². The Hall–Kier alpha value is -1.62. The van der Waals surface area contributed by atoms with Gasteiger partial charge < -0.3 is 5.73 Å². The first-order valence-electron chi connectivity index (χ1n) is 4.21. The second-order valence-electron chi connectivity index (χ2n) is 2.21. The number of rotatable bonds is 1. The molecule has 1 aromatic rings. The van der Waals surface area contributed by atoms with Crippen LogP contribution in [0.3, 0.4) is 0 Å².